The summed E-state index contributed by atoms with van der Waals surface area (Å²) in [5.74, 6) is -0.961. The number of anilines is 1. The van der Waals surface area contributed by atoms with Gasteiger partial charge in [0.15, 0.2) is 5.13 Å². The highest BCUT2D eigenvalue weighted by atomic mass is 32.1. The fourth-order valence-corrected chi connectivity index (χ4v) is 2.81. The summed E-state index contributed by atoms with van der Waals surface area (Å²) < 4.78 is 10.1. The van der Waals surface area contributed by atoms with Gasteiger partial charge in [0, 0.05) is 26.8 Å². The number of methoxy groups -OCH3 is 2. The first-order valence-electron chi connectivity index (χ1n) is 6.52. The summed E-state index contributed by atoms with van der Waals surface area (Å²) in [5.41, 5.74) is 0.478. The van der Waals surface area contributed by atoms with Gasteiger partial charge in [-0.25, -0.2) is 9.78 Å². The predicted octanol–water partition coefficient (Wildman–Crippen LogP) is 2.24. The van der Waals surface area contributed by atoms with E-state index in [1.165, 1.54) is 18.4 Å². The SMILES string of the molecule is CCC(C)N(CCOC)c1nc(COC)c(C(=O)O)s1. The summed E-state index contributed by atoms with van der Waals surface area (Å²) in [6, 6.07) is 0.272. The van der Waals surface area contributed by atoms with Gasteiger partial charge in [-0.15, -0.1) is 0 Å². The van der Waals surface area contributed by atoms with Crippen LogP contribution in [0.3, 0.4) is 0 Å². The third-order valence-electron chi connectivity index (χ3n) is 3.07. The van der Waals surface area contributed by atoms with Crippen molar-refractivity contribution in [3.63, 3.8) is 0 Å². The normalized spacial score (nSPS) is 12.4. The average Bonchev–Trinajstić information content (AvgIpc) is 2.83. The summed E-state index contributed by atoms with van der Waals surface area (Å²) >= 11 is 1.19. The first-order valence-corrected chi connectivity index (χ1v) is 7.34. The number of carbonyl (C=O) groups is 1. The molecular weight excluding hydrogens is 280 g/mol. The minimum atomic E-state index is -0.961. The third-order valence-corrected chi connectivity index (χ3v) is 4.19. The number of rotatable bonds is 9. The fraction of sp³-hybridized carbons (Fsp3) is 0.692. The predicted molar refractivity (Wildman–Crippen MR) is 78.8 cm³/mol. The Morgan fingerprint density at radius 3 is 2.65 bits per heavy atom. The Balaban J connectivity index is 3.06. The van der Waals surface area contributed by atoms with E-state index in [0.717, 1.165) is 6.42 Å². The van der Waals surface area contributed by atoms with Gasteiger partial charge < -0.3 is 19.5 Å². The van der Waals surface area contributed by atoms with E-state index in [1.807, 2.05) is 0 Å². The van der Waals surface area contributed by atoms with Gasteiger partial charge in [-0.1, -0.05) is 18.3 Å². The molecule has 1 N–H and O–H groups in total. The van der Waals surface area contributed by atoms with E-state index in [1.54, 1.807) is 7.11 Å². The van der Waals surface area contributed by atoms with Crippen LogP contribution in [-0.2, 0) is 16.1 Å². The molecule has 1 heterocycles. The van der Waals surface area contributed by atoms with Gasteiger partial charge in [-0.05, 0) is 13.3 Å². The second kappa shape index (κ2) is 8.18. The number of thiazole rings is 1. The van der Waals surface area contributed by atoms with Crippen molar-refractivity contribution in [2.45, 2.75) is 32.9 Å². The first kappa shape index (κ1) is 16.9. The van der Waals surface area contributed by atoms with Crippen LogP contribution in [0.5, 0.6) is 0 Å². The molecule has 0 saturated heterocycles. The zero-order chi connectivity index (χ0) is 15.1. The summed E-state index contributed by atoms with van der Waals surface area (Å²) in [6.07, 6.45) is 0.950. The second-order valence-electron chi connectivity index (χ2n) is 4.45. The van der Waals surface area contributed by atoms with Crippen LogP contribution < -0.4 is 4.90 Å². The van der Waals surface area contributed by atoms with Crippen molar-refractivity contribution in [1.82, 2.24) is 4.98 Å². The minimum Gasteiger partial charge on any atom is -0.477 e. The van der Waals surface area contributed by atoms with Crippen LogP contribution in [-0.4, -0.2) is 49.5 Å². The number of carboxylic acid groups (broad SMARTS) is 1. The van der Waals surface area contributed by atoms with Crippen LogP contribution >= 0.6 is 11.3 Å². The van der Waals surface area contributed by atoms with E-state index >= 15 is 0 Å². The van der Waals surface area contributed by atoms with Crippen LogP contribution in [0, 0.1) is 0 Å². The van der Waals surface area contributed by atoms with Crippen molar-refractivity contribution < 1.29 is 19.4 Å². The Morgan fingerprint density at radius 1 is 1.45 bits per heavy atom. The lowest BCUT2D eigenvalue weighted by molar-refractivity contribution is 0.0697. The van der Waals surface area contributed by atoms with E-state index in [-0.39, 0.29) is 17.5 Å². The monoisotopic (exact) mass is 302 g/mol. The van der Waals surface area contributed by atoms with Crippen molar-refractivity contribution >= 4 is 22.4 Å². The van der Waals surface area contributed by atoms with E-state index in [0.29, 0.717) is 24.0 Å². The van der Waals surface area contributed by atoms with Crippen molar-refractivity contribution in [1.29, 1.82) is 0 Å². The van der Waals surface area contributed by atoms with Gasteiger partial charge in [0.2, 0.25) is 0 Å². The molecule has 0 aliphatic carbocycles. The molecule has 0 fully saturated rings. The summed E-state index contributed by atoms with van der Waals surface area (Å²) in [5, 5.41) is 9.94. The zero-order valence-electron chi connectivity index (χ0n) is 12.4. The standard InChI is InChI=1S/C13H22N2O4S/c1-5-9(2)15(6-7-18-3)13-14-10(8-19-4)11(20-13)12(16)17/h9H,5-8H2,1-4H3,(H,16,17). The first-order chi connectivity index (χ1) is 9.54. The van der Waals surface area contributed by atoms with E-state index in [2.05, 4.69) is 23.7 Å². The highest BCUT2D eigenvalue weighted by Crippen LogP contribution is 2.28. The van der Waals surface area contributed by atoms with Crippen LogP contribution in [0.1, 0.15) is 35.6 Å². The second-order valence-corrected chi connectivity index (χ2v) is 5.43. The van der Waals surface area contributed by atoms with Gasteiger partial charge in [0.1, 0.15) is 4.88 Å². The van der Waals surface area contributed by atoms with Gasteiger partial charge in [0.05, 0.1) is 18.9 Å². The Kier molecular flexibility index (Phi) is 6.90. The third kappa shape index (κ3) is 4.16. The molecule has 1 atom stereocenters. The molecule has 6 nitrogen and oxygen atoms in total. The van der Waals surface area contributed by atoms with E-state index in [4.69, 9.17) is 9.47 Å². The molecule has 0 aliphatic heterocycles. The van der Waals surface area contributed by atoms with Gasteiger partial charge in [-0.2, -0.15) is 0 Å². The summed E-state index contributed by atoms with van der Waals surface area (Å²) in [6.45, 7) is 5.65. The van der Waals surface area contributed by atoms with Crippen LogP contribution in [0.4, 0.5) is 5.13 Å². The Hall–Kier alpha value is -1.18. The molecule has 0 aliphatic rings. The van der Waals surface area contributed by atoms with Crippen molar-refractivity contribution in [2.24, 2.45) is 0 Å². The number of hydrogen-bond acceptors (Lipinski definition) is 6. The molecule has 1 aromatic rings. The number of nitrogens with zero attached hydrogens (tertiary/aromatic N) is 2. The van der Waals surface area contributed by atoms with E-state index < -0.39 is 5.97 Å². The van der Waals surface area contributed by atoms with Crippen molar-refractivity contribution in [3.05, 3.63) is 10.6 Å². The number of hydrogen-bond donors (Lipinski definition) is 1. The minimum absolute atomic E-state index is 0.205. The molecule has 1 rings (SSSR count). The number of aromatic carboxylic acids is 1. The molecule has 0 bridgehead atoms. The van der Waals surface area contributed by atoms with Crippen LogP contribution in [0.2, 0.25) is 0 Å². The number of carboxylic acids is 1. The largest absolute Gasteiger partial charge is 0.477 e. The molecule has 1 aromatic heterocycles. The maximum Gasteiger partial charge on any atom is 0.347 e. The molecular formula is C13H22N2O4S. The molecule has 0 spiro atoms. The molecule has 20 heavy (non-hydrogen) atoms. The topological polar surface area (TPSA) is 71.9 Å². The summed E-state index contributed by atoms with van der Waals surface area (Å²) in [4.78, 5) is 18.0. The van der Waals surface area contributed by atoms with E-state index in [9.17, 15) is 9.90 Å². The van der Waals surface area contributed by atoms with Crippen LogP contribution in [0.25, 0.3) is 0 Å². The fourth-order valence-electron chi connectivity index (χ4n) is 1.78. The lowest BCUT2D eigenvalue weighted by Crippen LogP contribution is -2.35. The molecule has 7 heteroatoms. The van der Waals surface area contributed by atoms with Crippen LogP contribution in [0.15, 0.2) is 0 Å². The Morgan fingerprint density at radius 2 is 2.15 bits per heavy atom. The smallest absolute Gasteiger partial charge is 0.347 e. The molecule has 1 unspecified atom stereocenters. The maximum atomic E-state index is 11.3. The summed E-state index contributed by atoms with van der Waals surface area (Å²) in [7, 11) is 3.18. The Labute approximate surface area is 123 Å². The molecule has 0 amide bonds. The lowest BCUT2D eigenvalue weighted by Gasteiger charge is -2.27. The highest BCUT2D eigenvalue weighted by Gasteiger charge is 2.22. The highest BCUT2D eigenvalue weighted by molar-refractivity contribution is 7.17. The zero-order valence-corrected chi connectivity index (χ0v) is 13.2. The number of aromatic nitrogens is 1. The quantitative estimate of drug-likeness (QED) is 0.754. The molecule has 114 valence electrons. The van der Waals surface area contributed by atoms with Gasteiger partial charge >= 0.3 is 5.97 Å². The molecule has 0 radical (unpaired) electrons. The number of ether oxygens (including phenoxy) is 2. The van der Waals surface area contributed by atoms with Crippen molar-refractivity contribution in [2.75, 3.05) is 32.3 Å². The maximum absolute atomic E-state index is 11.3. The lowest BCUT2D eigenvalue weighted by atomic mass is 10.2. The molecule has 0 saturated carbocycles. The van der Waals surface area contributed by atoms with Crippen molar-refractivity contribution in [3.8, 4) is 0 Å². The van der Waals surface area contributed by atoms with Gasteiger partial charge in [0.25, 0.3) is 0 Å². The Bertz CT molecular complexity index is 436. The average molecular weight is 302 g/mol. The van der Waals surface area contributed by atoms with Gasteiger partial charge in [-0.3, -0.25) is 0 Å². The molecule has 0 aromatic carbocycles.